The molecular formula is C21H23F3N6O4. The third-order valence-corrected chi connectivity index (χ3v) is 5.15. The van der Waals surface area contributed by atoms with E-state index in [1.54, 1.807) is 17.2 Å². The number of imidazole rings is 1. The molecule has 4 N–H and O–H groups in total. The van der Waals surface area contributed by atoms with Crippen LogP contribution >= 0.6 is 0 Å². The number of alkyl halides is 3. The van der Waals surface area contributed by atoms with E-state index < -0.39 is 18.1 Å². The van der Waals surface area contributed by atoms with Crippen molar-refractivity contribution in [3.05, 3.63) is 53.5 Å². The van der Waals surface area contributed by atoms with Crippen LogP contribution in [0, 0.1) is 0 Å². The van der Waals surface area contributed by atoms with Crippen LogP contribution in [0.5, 0.6) is 0 Å². The number of aromatic carboxylic acids is 1. The van der Waals surface area contributed by atoms with E-state index in [1.165, 1.54) is 0 Å². The third-order valence-electron chi connectivity index (χ3n) is 5.15. The second-order valence-electron chi connectivity index (χ2n) is 7.47. The van der Waals surface area contributed by atoms with Gasteiger partial charge in [0.15, 0.2) is 0 Å². The van der Waals surface area contributed by atoms with E-state index in [2.05, 4.69) is 25.4 Å². The van der Waals surface area contributed by atoms with Gasteiger partial charge in [0.25, 0.3) is 0 Å². The molecule has 0 amide bonds. The number of carbonyl (C=O) groups is 2. The number of hydrogen-bond acceptors (Lipinski definition) is 6. The fourth-order valence-electron chi connectivity index (χ4n) is 3.59. The van der Waals surface area contributed by atoms with Gasteiger partial charge in [0.2, 0.25) is 0 Å². The van der Waals surface area contributed by atoms with Crippen molar-refractivity contribution >= 4 is 11.9 Å². The molecule has 0 fully saturated rings. The Kier molecular flexibility index (Phi) is 7.99. The minimum Gasteiger partial charge on any atom is -0.477 e. The first-order valence-electron chi connectivity index (χ1n) is 10.4. The topological polar surface area (TPSA) is 146 Å². The van der Waals surface area contributed by atoms with E-state index >= 15 is 0 Å². The molecule has 0 aromatic carbocycles. The molecule has 3 aromatic heterocycles. The first-order chi connectivity index (χ1) is 16.2. The van der Waals surface area contributed by atoms with Gasteiger partial charge in [-0.05, 0) is 37.4 Å². The van der Waals surface area contributed by atoms with Crippen LogP contribution in [0.1, 0.15) is 33.7 Å². The Balaban J connectivity index is 0.000000406. The van der Waals surface area contributed by atoms with Crippen molar-refractivity contribution in [3.8, 4) is 11.3 Å². The Morgan fingerprint density at radius 3 is 2.56 bits per heavy atom. The lowest BCUT2D eigenvalue weighted by Gasteiger charge is -2.14. The van der Waals surface area contributed by atoms with Gasteiger partial charge in [-0.15, -0.1) is 0 Å². The fraction of sp³-hybridized carbons (Fsp3) is 0.381. The Hall–Kier alpha value is -3.74. The highest BCUT2D eigenvalue weighted by Gasteiger charge is 2.38. The van der Waals surface area contributed by atoms with E-state index in [-0.39, 0.29) is 0 Å². The number of nitrogens with zero attached hydrogens (tertiary/aromatic N) is 4. The summed E-state index contributed by atoms with van der Waals surface area (Å²) in [5, 5.41) is 24.8. The van der Waals surface area contributed by atoms with Crippen LogP contribution in [0.25, 0.3) is 11.3 Å². The number of nitrogens with one attached hydrogen (secondary N) is 2. The van der Waals surface area contributed by atoms with Gasteiger partial charge in [-0.2, -0.15) is 18.3 Å². The molecule has 1 aliphatic rings. The lowest BCUT2D eigenvalue weighted by molar-refractivity contribution is -0.192. The average molecular weight is 480 g/mol. The number of H-pyrrole nitrogens is 1. The molecule has 0 atom stereocenters. The smallest absolute Gasteiger partial charge is 0.477 e. The normalized spacial score (nSPS) is 12.3. The monoisotopic (exact) mass is 480 g/mol. The highest BCUT2D eigenvalue weighted by atomic mass is 19.4. The molecule has 0 bridgehead atoms. The maximum absolute atomic E-state index is 11.8. The number of carboxylic acid groups (broad SMARTS) is 2. The minimum atomic E-state index is -5.08. The average Bonchev–Trinajstić information content (AvgIpc) is 3.43. The zero-order valence-electron chi connectivity index (χ0n) is 18.0. The molecule has 0 spiro atoms. The number of aromatic amines is 1. The van der Waals surface area contributed by atoms with Crippen molar-refractivity contribution in [2.75, 3.05) is 13.1 Å². The number of aliphatic carboxylic acids is 1. The molecule has 0 radical (unpaired) electrons. The summed E-state index contributed by atoms with van der Waals surface area (Å²) in [7, 11) is 0. The van der Waals surface area contributed by atoms with Crippen molar-refractivity contribution < 1.29 is 33.0 Å². The molecule has 0 saturated carbocycles. The molecular weight excluding hydrogens is 457 g/mol. The van der Waals surface area contributed by atoms with Crippen molar-refractivity contribution in [1.82, 2.24) is 30.0 Å². The van der Waals surface area contributed by atoms with Crippen LogP contribution in [0.4, 0.5) is 13.2 Å². The van der Waals surface area contributed by atoms with Gasteiger partial charge in [0.1, 0.15) is 5.69 Å². The molecule has 4 rings (SSSR count). The molecule has 0 saturated heterocycles. The summed E-state index contributed by atoms with van der Waals surface area (Å²) in [6.07, 6.45) is 5.20. The number of hydrogen-bond donors (Lipinski definition) is 4. The predicted octanol–water partition coefficient (Wildman–Crippen LogP) is 2.32. The van der Waals surface area contributed by atoms with E-state index in [9.17, 15) is 23.1 Å². The zero-order valence-corrected chi connectivity index (χ0v) is 18.0. The highest BCUT2D eigenvalue weighted by Crippen LogP contribution is 2.34. The van der Waals surface area contributed by atoms with Crippen LogP contribution in [-0.4, -0.2) is 66.1 Å². The van der Waals surface area contributed by atoms with Crippen molar-refractivity contribution in [3.63, 3.8) is 0 Å². The van der Waals surface area contributed by atoms with E-state index in [0.29, 0.717) is 18.7 Å². The van der Waals surface area contributed by atoms with E-state index in [4.69, 9.17) is 9.90 Å². The first kappa shape index (κ1) is 24.9. The second-order valence-corrected chi connectivity index (χ2v) is 7.47. The third kappa shape index (κ3) is 6.19. The van der Waals surface area contributed by atoms with E-state index in [1.807, 2.05) is 18.5 Å². The summed E-state index contributed by atoms with van der Waals surface area (Å²) in [5.74, 6) is -3.67. The highest BCUT2D eigenvalue weighted by molar-refractivity contribution is 5.90. The number of halogens is 3. The quantitative estimate of drug-likeness (QED) is 0.359. The number of rotatable bonds is 8. The van der Waals surface area contributed by atoms with Crippen molar-refractivity contribution in [1.29, 1.82) is 0 Å². The summed E-state index contributed by atoms with van der Waals surface area (Å²) >= 11 is 0. The SMILES string of the molecule is O=C(O)C(F)(F)F.O=C(O)c1c2c(nn1CCCNCCc1cnc[nH]1)-c1ccncc1CC2. The van der Waals surface area contributed by atoms with Crippen LogP contribution < -0.4 is 5.32 Å². The molecule has 0 unspecified atom stereocenters. The second kappa shape index (κ2) is 10.9. The minimum absolute atomic E-state index is 0.324. The Bertz CT molecular complexity index is 1130. The van der Waals surface area contributed by atoms with Crippen LogP contribution in [0.15, 0.2) is 31.0 Å². The molecule has 13 heteroatoms. The number of pyridine rings is 1. The molecule has 182 valence electrons. The standard InChI is InChI=1S/C19H22N6O2.C2HF3O2/c26-19(27)18-16-3-2-13-10-21-8-5-15(13)17(16)24-25(18)9-1-6-20-7-4-14-11-22-12-23-14;3-2(4,5)1(6)7/h5,8,10-12,20H,1-4,6-7,9H2,(H,22,23)(H,26,27);(H,6,7). The molecule has 0 aliphatic heterocycles. The number of fused-ring (bicyclic) bond motifs is 3. The predicted molar refractivity (Wildman–Crippen MR) is 113 cm³/mol. The fourth-order valence-corrected chi connectivity index (χ4v) is 3.59. The van der Waals surface area contributed by atoms with Gasteiger partial charge in [-0.3, -0.25) is 9.67 Å². The summed E-state index contributed by atoms with van der Waals surface area (Å²) in [6, 6.07) is 1.92. The van der Waals surface area contributed by atoms with Gasteiger partial charge in [0, 0.05) is 54.9 Å². The number of aromatic nitrogens is 5. The first-order valence-corrected chi connectivity index (χ1v) is 10.4. The van der Waals surface area contributed by atoms with Crippen LogP contribution in [0.3, 0.4) is 0 Å². The Morgan fingerprint density at radius 1 is 1.15 bits per heavy atom. The van der Waals surface area contributed by atoms with Gasteiger partial charge >= 0.3 is 18.1 Å². The Morgan fingerprint density at radius 2 is 1.91 bits per heavy atom. The molecule has 3 aromatic rings. The molecule has 1 aliphatic carbocycles. The molecule has 10 nitrogen and oxygen atoms in total. The van der Waals surface area contributed by atoms with Gasteiger partial charge < -0.3 is 20.5 Å². The molecule has 3 heterocycles. The summed E-state index contributed by atoms with van der Waals surface area (Å²) in [5.41, 5.74) is 5.20. The van der Waals surface area contributed by atoms with E-state index in [0.717, 1.165) is 60.4 Å². The largest absolute Gasteiger partial charge is 0.490 e. The van der Waals surface area contributed by atoms with Crippen molar-refractivity contribution in [2.45, 2.75) is 38.4 Å². The van der Waals surface area contributed by atoms with Crippen LogP contribution in [-0.2, 0) is 30.6 Å². The van der Waals surface area contributed by atoms with Crippen LogP contribution in [0.2, 0.25) is 0 Å². The maximum atomic E-state index is 11.8. The number of aryl methyl sites for hydroxylation is 2. The van der Waals surface area contributed by atoms with Gasteiger partial charge in [-0.25, -0.2) is 14.6 Å². The zero-order chi connectivity index (χ0) is 24.7. The van der Waals surface area contributed by atoms with Gasteiger partial charge in [-0.1, -0.05) is 0 Å². The lowest BCUT2D eigenvalue weighted by atomic mass is 9.90. The van der Waals surface area contributed by atoms with Gasteiger partial charge in [0.05, 0.1) is 12.0 Å². The maximum Gasteiger partial charge on any atom is 0.490 e. The van der Waals surface area contributed by atoms with Crippen molar-refractivity contribution in [2.24, 2.45) is 0 Å². The number of carboxylic acids is 2. The molecule has 34 heavy (non-hydrogen) atoms. The summed E-state index contributed by atoms with van der Waals surface area (Å²) in [4.78, 5) is 32.0. The summed E-state index contributed by atoms with van der Waals surface area (Å²) in [6.45, 7) is 2.23. The lowest BCUT2D eigenvalue weighted by Crippen LogP contribution is -2.21. The summed E-state index contributed by atoms with van der Waals surface area (Å²) < 4.78 is 33.4. The Labute approximate surface area is 191 Å².